The van der Waals surface area contributed by atoms with Crippen molar-refractivity contribution in [3.63, 3.8) is 0 Å². The van der Waals surface area contributed by atoms with Crippen LogP contribution in [-0.4, -0.2) is 17.6 Å². The minimum Gasteiger partial charge on any atom is -0.441 e. The van der Waals surface area contributed by atoms with Crippen molar-refractivity contribution in [2.45, 2.75) is 26.3 Å². The summed E-state index contributed by atoms with van der Waals surface area (Å²) in [5.74, 6) is 0.939. The zero-order chi connectivity index (χ0) is 13.8. The van der Waals surface area contributed by atoms with Gasteiger partial charge in [0.05, 0.1) is 10.7 Å². The van der Waals surface area contributed by atoms with Crippen LogP contribution in [0.3, 0.4) is 0 Å². The Kier molecular flexibility index (Phi) is 4.71. The lowest BCUT2D eigenvalue weighted by molar-refractivity contribution is 0.484. The predicted octanol–water partition coefficient (Wildman–Crippen LogP) is 3.78. The first-order valence-electron chi connectivity index (χ1n) is 6.20. The van der Waals surface area contributed by atoms with Crippen LogP contribution in [0.1, 0.15) is 19.7 Å². The van der Waals surface area contributed by atoms with E-state index in [1.54, 1.807) is 18.3 Å². The van der Waals surface area contributed by atoms with Gasteiger partial charge in [-0.25, -0.2) is 9.37 Å². The molecular weight excluding hydrogens is 311 g/mol. The SMILES string of the molecule is CC(C)NCCc1ncc(-c2ccc(Br)c(F)c2)o1. The van der Waals surface area contributed by atoms with Crippen LogP contribution < -0.4 is 5.32 Å². The van der Waals surface area contributed by atoms with E-state index < -0.39 is 0 Å². The summed E-state index contributed by atoms with van der Waals surface area (Å²) in [5.41, 5.74) is 0.691. The fraction of sp³-hybridized carbons (Fsp3) is 0.357. The molecule has 0 aliphatic rings. The lowest BCUT2D eigenvalue weighted by Crippen LogP contribution is -2.24. The van der Waals surface area contributed by atoms with E-state index in [1.807, 2.05) is 0 Å². The van der Waals surface area contributed by atoms with E-state index in [2.05, 4.69) is 40.1 Å². The smallest absolute Gasteiger partial charge is 0.196 e. The fourth-order valence-electron chi connectivity index (χ4n) is 1.68. The van der Waals surface area contributed by atoms with Crippen LogP contribution >= 0.6 is 15.9 Å². The summed E-state index contributed by atoms with van der Waals surface area (Å²) < 4.78 is 19.5. The van der Waals surface area contributed by atoms with Gasteiger partial charge in [0.25, 0.3) is 0 Å². The van der Waals surface area contributed by atoms with E-state index >= 15 is 0 Å². The van der Waals surface area contributed by atoms with Gasteiger partial charge in [0.1, 0.15) is 5.82 Å². The van der Waals surface area contributed by atoms with Crippen molar-refractivity contribution in [2.75, 3.05) is 6.54 Å². The number of hydrogen-bond acceptors (Lipinski definition) is 3. The number of benzene rings is 1. The topological polar surface area (TPSA) is 38.1 Å². The molecular formula is C14H16BrFN2O. The normalized spacial score (nSPS) is 11.2. The average molecular weight is 327 g/mol. The Bertz CT molecular complexity index is 554. The molecule has 0 atom stereocenters. The van der Waals surface area contributed by atoms with Crippen LogP contribution in [0.2, 0.25) is 0 Å². The van der Waals surface area contributed by atoms with Crippen molar-refractivity contribution in [3.05, 3.63) is 40.6 Å². The number of nitrogens with one attached hydrogen (secondary N) is 1. The zero-order valence-electron chi connectivity index (χ0n) is 10.9. The minimum absolute atomic E-state index is 0.308. The highest BCUT2D eigenvalue weighted by atomic mass is 79.9. The van der Waals surface area contributed by atoms with Crippen molar-refractivity contribution in [2.24, 2.45) is 0 Å². The molecule has 19 heavy (non-hydrogen) atoms. The van der Waals surface area contributed by atoms with E-state index in [9.17, 15) is 4.39 Å². The molecule has 1 heterocycles. The van der Waals surface area contributed by atoms with E-state index in [1.165, 1.54) is 6.07 Å². The first-order chi connectivity index (χ1) is 9.06. The summed E-state index contributed by atoms with van der Waals surface area (Å²) in [4.78, 5) is 4.20. The van der Waals surface area contributed by atoms with Gasteiger partial charge in [-0.3, -0.25) is 0 Å². The van der Waals surface area contributed by atoms with Gasteiger partial charge in [-0.05, 0) is 34.1 Å². The van der Waals surface area contributed by atoms with Gasteiger partial charge in [0.2, 0.25) is 0 Å². The summed E-state index contributed by atoms with van der Waals surface area (Å²) in [7, 11) is 0. The third-order valence-electron chi connectivity index (χ3n) is 2.65. The highest BCUT2D eigenvalue weighted by Crippen LogP contribution is 2.25. The molecule has 2 rings (SSSR count). The number of nitrogens with zero attached hydrogens (tertiary/aromatic N) is 1. The molecule has 1 N–H and O–H groups in total. The molecule has 1 aromatic carbocycles. The van der Waals surface area contributed by atoms with Gasteiger partial charge < -0.3 is 9.73 Å². The molecule has 0 bridgehead atoms. The van der Waals surface area contributed by atoms with Crippen LogP contribution in [0.5, 0.6) is 0 Å². The Hall–Kier alpha value is -1.20. The maximum absolute atomic E-state index is 13.4. The van der Waals surface area contributed by atoms with Crippen LogP contribution in [0.4, 0.5) is 4.39 Å². The van der Waals surface area contributed by atoms with Crippen LogP contribution in [0.15, 0.2) is 33.3 Å². The first-order valence-corrected chi connectivity index (χ1v) is 6.99. The van der Waals surface area contributed by atoms with Crippen LogP contribution in [0.25, 0.3) is 11.3 Å². The van der Waals surface area contributed by atoms with E-state index in [0.29, 0.717) is 27.7 Å². The van der Waals surface area contributed by atoms with Crippen LogP contribution in [-0.2, 0) is 6.42 Å². The lowest BCUT2D eigenvalue weighted by atomic mass is 10.2. The highest BCUT2D eigenvalue weighted by molar-refractivity contribution is 9.10. The third-order valence-corrected chi connectivity index (χ3v) is 3.29. The van der Waals surface area contributed by atoms with E-state index in [0.717, 1.165) is 13.0 Å². The molecule has 1 aromatic heterocycles. The Balaban J connectivity index is 2.05. The van der Waals surface area contributed by atoms with E-state index in [-0.39, 0.29) is 5.82 Å². The molecule has 3 nitrogen and oxygen atoms in total. The molecule has 0 aliphatic carbocycles. The summed E-state index contributed by atoms with van der Waals surface area (Å²) in [5, 5.41) is 3.29. The van der Waals surface area contributed by atoms with Crippen molar-refractivity contribution in [3.8, 4) is 11.3 Å². The quantitative estimate of drug-likeness (QED) is 0.908. The van der Waals surface area contributed by atoms with Gasteiger partial charge in [0.15, 0.2) is 11.7 Å². The standard InChI is InChI=1S/C14H16BrFN2O/c1-9(2)17-6-5-14-18-8-13(19-14)10-3-4-11(15)12(16)7-10/h3-4,7-9,17H,5-6H2,1-2H3. The van der Waals surface area contributed by atoms with E-state index in [4.69, 9.17) is 4.42 Å². The molecule has 0 aliphatic heterocycles. The van der Waals surface area contributed by atoms with Gasteiger partial charge in [0, 0.05) is 24.6 Å². The second-order valence-corrected chi connectivity index (χ2v) is 5.46. The van der Waals surface area contributed by atoms with Crippen molar-refractivity contribution >= 4 is 15.9 Å². The number of halogens is 2. The summed E-state index contributed by atoms with van der Waals surface area (Å²) in [6.07, 6.45) is 2.35. The molecule has 102 valence electrons. The summed E-state index contributed by atoms with van der Waals surface area (Å²) in [6, 6.07) is 5.33. The molecule has 0 radical (unpaired) electrons. The number of aromatic nitrogens is 1. The maximum atomic E-state index is 13.4. The second kappa shape index (κ2) is 6.30. The summed E-state index contributed by atoms with van der Waals surface area (Å²) in [6.45, 7) is 4.99. The first kappa shape index (κ1) is 14.2. The molecule has 0 saturated carbocycles. The summed E-state index contributed by atoms with van der Waals surface area (Å²) >= 11 is 3.13. The molecule has 5 heteroatoms. The Morgan fingerprint density at radius 2 is 2.21 bits per heavy atom. The van der Waals surface area contributed by atoms with Gasteiger partial charge in [-0.15, -0.1) is 0 Å². The molecule has 0 saturated heterocycles. The van der Waals surface area contributed by atoms with Crippen LogP contribution in [0, 0.1) is 5.82 Å². The highest BCUT2D eigenvalue weighted by Gasteiger charge is 2.08. The largest absolute Gasteiger partial charge is 0.441 e. The lowest BCUT2D eigenvalue weighted by Gasteiger charge is -2.05. The predicted molar refractivity (Wildman–Crippen MR) is 76.4 cm³/mol. The van der Waals surface area contributed by atoms with Crippen molar-refractivity contribution < 1.29 is 8.81 Å². The molecule has 0 fully saturated rings. The minimum atomic E-state index is -0.308. The third kappa shape index (κ3) is 3.88. The van der Waals surface area contributed by atoms with Crippen molar-refractivity contribution in [1.29, 1.82) is 0 Å². The second-order valence-electron chi connectivity index (χ2n) is 4.61. The van der Waals surface area contributed by atoms with Gasteiger partial charge in [-0.2, -0.15) is 0 Å². The Morgan fingerprint density at radius 3 is 2.89 bits per heavy atom. The fourth-order valence-corrected chi connectivity index (χ4v) is 1.92. The number of hydrogen-bond donors (Lipinski definition) is 1. The zero-order valence-corrected chi connectivity index (χ0v) is 12.5. The average Bonchev–Trinajstić information content (AvgIpc) is 2.81. The monoisotopic (exact) mass is 326 g/mol. The Labute approximate surface area is 120 Å². The molecule has 0 unspecified atom stereocenters. The van der Waals surface area contributed by atoms with Gasteiger partial charge in [-0.1, -0.05) is 13.8 Å². The molecule has 0 amide bonds. The molecule has 0 spiro atoms. The number of oxazole rings is 1. The number of rotatable bonds is 5. The van der Waals surface area contributed by atoms with Gasteiger partial charge >= 0.3 is 0 Å². The maximum Gasteiger partial charge on any atom is 0.196 e. The molecule has 2 aromatic rings. The Morgan fingerprint density at radius 1 is 1.42 bits per heavy atom. The van der Waals surface area contributed by atoms with Crippen molar-refractivity contribution in [1.82, 2.24) is 10.3 Å².